The lowest BCUT2D eigenvalue weighted by atomic mass is 10.1. The third-order valence-electron chi connectivity index (χ3n) is 4.36. The minimum Gasteiger partial charge on any atom is -0.372 e. The molecule has 2 aromatic carbocycles. The average molecular weight is 410 g/mol. The van der Waals surface area contributed by atoms with Crippen molar-refractivity contribution in [1.82, 2.24) is 10.2 Å². The number of hydrogen-bond acceptors (Lipinski definition) is 6. The highest BCUT2D eigenvalue weighted by atomic mass is 32.1. The number of amides is 2. The maximum atomic E-state index is 12.9. The predicted molar refractivity (Wildman–Crippen MR) is 113 cm³/mol. The highest BCUT2D eigenvalue weighted by Gasteiger charge is 2.33. The molecule has 0 bridgehead atoms. The molecule has 8 nitrogen and oxygen atoms in total. The lowest BCUT2D eigenvalue weighted by Crippen LogP contribution is -2.53. The van der Waals surface area contributed by atoms with E-state index in [2.05, 4.69) is 5.32 Å². The van der Waals surface area contributed by atoms with Gasteiger partial charge >= 0.3 is 0 Å². The third-order valence-corrected chi connectivity index (χ3v) is 4.68. The second kappa shape index (κ2) is 8.19. The molecule has 1 aliphatic heterocycles. The summed E-state index contributed by atoms with van der Waals surface area (Å²) < 4.78 is 0. The number of thiocarbonyl (C=S) groups is 1. The van der Waals surface area contributed by atoms with E-state index in [9.17, 15) is 19.7 Å². The van der Waals surface area contributed by atoms with Gasteiger partial charge in [0.25, 0.3) is 17.5 Å². The molecule has 9 heteroatoms. The molecule has 29 heavy (non-hydrogen) atoms. The summed E-state index contributed by atoms with van der Waals surface area (Å²) in [5, 5.41) is 13.9. The van der Waals surface area contributed by atoms with Crippen molar-refractivity contribution < 1.29 is 14.5 Å². The number of rotatable bonds is 5. The zero-order chi connectivity index (χ0) is 21.1. The van der Waals surface area contributed by atoms with Gasteiger partial charge in [-0.2, -0.15) is 0 Å². The van der Waals surface area contributed by atoms with Crippen LogP contribution >= 0.6 is 12.2 Å². The van der Waals surface area contributed by atoms with Crippen molar-refractivity contribution in [3.05, 3.63) is 75.3 Å². The van der Waals surface area contributed by atoms with Crippen molar-refractivity contribution in [1.29, 1.82) is 0 Å². The zero-order valence-corrected chi connectivity index (χ0v) is 16.6. The summed E-state index contributed by atoms with van der Waals surface area (Å²) in [7, 11) is 3.39. The van der Waals surface area contributed by atoms with Crippen molar-refractivity contribution in [3.63, 3.8) is 0 Å². The van der Waals surface area contributed by atoms with E-state index in [0.29, 0.717) is 11.3 Å². The first-order chi connectivity index (χ1) is 13.8. The number of nitrogens with zero attached hydrogens (tertiary/aromatic N) is 3. The standard InChI is InChI=1S/C20H18N4O4S/c1-22(2)16-9-8-14(11-17(16)24(27)28)10-15-18(25)21-20(29)23(19(15)26)12-13-6-4-3-5-7-13/h3-11H,12H2,1-2H3,(H,21,25,29). The van der Waals surface area contributed by atoms with Gasteiger partial charge in [-0.25, -0.2) is 0 Å². The van der Waals surface area contributed by atoms with Gasteiger partial charge in [0.2, 0.25) is 0 Å². The van der Waals surface area contributed by atoms with Crippen LogP contribution in [0.5, 0.6) is 0 Å². The van der Waals surface area contributed by atoms with E-state index in [-0.39, 0.29) is 22.9 Å². The van der Waals surface area contributed by atoms with E-state index in [1.165, 1.54) is 17.0 Å². The van der Waals surface area contributed by atoms with Crippen LogP contribution in [0.3, 0.4) is 0 Å². The Balaban J connectivity index is 1.96. The van der Waals surface area contributed by atoms with Crippen LogP contribution in [0.1, 0.15) is 11.1 Å². The van der Waals surface area contributed by atoms with Crippen molar-refractivity contribution >= 4 is 46.6 Å². The molecule has 0 radical (unpaired) electrons. The monoisotopic (exact) mass is 410 g/mol. The van der Waals surface area contributed by atoms with Crippen LogP contribution in [0.25, 0.3) is 6.08 Å². The van der Waals surface area contributed by atoms with E-state index in [1.807, 2.05) is 30.3 Å². The van der Waals surface area contributed by atoms with Gasteiger partial charge in [-0.1, -0.05) is 36.4 Å². The van der Waals surface area contributed by atoms with Crippen LogP contribution in [0.15, 0.2) is 54.1 Å². The SMILES string of the molecule is CN(C)c1ccc(C=C2C(=O)NC(=S)N(Cc3ccccc3)C2=O)cc1[N+](=O)[O-]. The first kappa shape index (κ1) is 20.2. The average Bonchev–Trinajstić information content (AvgIpc) is 2.69. The molecule has 1 aliphatic rings. The van der Waals surface area contributed by atoms with Crippen molar-refractivity contribution in [3.8, 4) is 0 Å². The molecule has 1 heterocycles. The second-order valence-electron chi connectivity index (χ2n) is 6.59. The molecule has 0 aromatic heterocycles. The minimum atomic E-state index is -0.636. The fourth-order valence-corrected chi connectivity index (χ4v) is 3.17. The molecular formula is C20H18N4O4S. The smallest absolute Gasteiger partial charge is 0.293 e. The molecule has 1 saturated heterocycles. The summed E-state index contributed by atoms with van der Waals surface area (Å²) in [6.45, 7) is 0.204. The number of carbonyl (C=O) groups excluding carboxylic acids is 2. The maximum absolute atomic E-state index is 12.9. The number of nitro benzene ring substituents is 1. The predicted octanol–water partition coefficient (Wildman–Crippen LogP) is 2.49. The van der Waals surface area contributed by atoms with Crippen LogP contribution in [0, 0.1) is 10.1 Å². The Bertz CT molecular complexity index is 1030. The summed E-state index contributed by atoms with van der Waals surface area (Å²) in [6.07, 6.45) is 1.34. The largest absolute Gasteiger partial charge is 0.372 e. The van der Waals surface area contributed by atoms with Crippen LogP contribution in [0.2, 0.25) is 0 Å². The first-order valence-electron chi connectivity index (χ1n) is 8.66. The Morgan fingerprint density at radius 3 is 2.48 bits per heavy atom. The van der Waals surface area contributed by atoms with Crippen molar-refractivity contribution in [2.45, 2.75) is 6.54 Å². The number of nitro groups is 1. The van der Waals surface area contributed by atoms with Gasteiger partial charge in [0.1, 0.15) is 11.3 Å². The van der Waals surface area contributed by atoms with Crippen molar-refractivity contribution in [2.24, 2.45) is 0 Å². The van der Waals surface area contributed by atoms with Gasteiger partial charge in [-0.15, -0.1) is 0 Å². The van der Waals surface area contributed by atoms with E-state index < -0.39 is 16.7 Å². The molecule has 0 saturated carbocycles. The molecule has 0 aliphatic carbocycles. The van der Waals surface area contributed by atoms with Gasteiger partial charge in [0.15, 0.2) is 5.11 Å². The highest BCUT2D eigenvalue weighted by Crippen LogP contribution is 2.29. The topological polar surface area (TPSA) is 95.8 Å². The van der Waals surface area contributed by atoms with E-state index >= 15 is 0 Å². The molecule has 0 atom stereocenters. The normalized spacial score (nSPS) is 15.4. The van der Waals surface area contributed by atoms with Crippen LogP contribution in [-0.2, 0) is 16.1 Å². The molecular weight excluding hydrogens is 392 g/mol. The summed E-state index contributed by atoms with van der Waals surface area (Å²) in [6, 6.07) is 13.8. The summed E-state index contributed by atoms with van der Waals surface area (Å²) in [5.41, 5.74) is 1.38. The zero-order valence-electron chi connectivity index (χ0n) is 15.8. The molecule has 2 aromatic rings. The highest BCUT2D eigenvalue weighted by molar-refractivity contribution is 7.80. The maximum Gasteiger partial charge on any atom is 0.293 e. The van der Waals surface area contributed by atoms with Gasteiger partial charge in [-0.3, -0.25) is 29.9 Å². The number of carbonyl (C=O) groups is 2. The molecule has 0 unspecified atom stereocenters. The Morgan fingerprint density at radius 1 is 1.17 bits per heavy atom. The fraction of sp³-hybridized carbons (Fsp3) is 0.150. The van der Waals surface area contributed by atoms with Gasteiger partial charge in [0, 0.05) is 20.2 Å². The Hall–Kier alpha value is -3.59. The number of nitrogens with one attached hydrogen (secondary N) is 1. The van der Waals surface area contributed by atoms with Crippen molar-refractivity contribution in [2.75, 3.05) is 19.0 Å². The molecule has 1 fully saturated rings. The van der Waals surface area contributed by atoms with Gasteiger partial charge in [-0.05, 0) is 35.5 Å². The Morgan fingerprint density at radius 2 is 1.86 bits per heavy atom. The number of anilines is 1. The molecule has 2 amide bonds. The summed E-state index contributed by atoms with van der Waals surface area (Å²) in [4.78, 5) is 39.1. The van der Waals surface area contributed by atoms with E-state index in [0.717, 1.165) is 5.56 Å². The molecule has 3 rings (SSSR count). The third kappa shape index (κ3) is 4.30. The van der Waals surface area contributed by atoms with Crippen LogP contribution < -0.4 is 10.2 Å². The van der Waals surface area contributed by atoms with Gasteiger partial charge < -0.3 is 4.90 Å². The molecule has 0 spiro atoms. The quantitative estimate of drug-likeness (QED) is 0.268. The van der Waals surface area contributed by atoms with Crippen LogP contribution in [0.4, 0.5) is 11.4 Å². The van der Waals surface area contributed by atoms with Gasteiger partial charge in [0.05, 0.1) is 11.5 Å². The second-order valence-corrected chi connectivity index (χ2v) is 6.98. The van der Waals surface area contributed by atoms with Crippen LogP contribution in [-0.4, -0.2) is 40.8 Å². The van der Waals surface area contributed by atoms with E-state index in [4.69, 9.17) is 12.2 Å². The Kier molecular flexibility index (Phi) is 5.69. The lowest BCUT2D eigenvalue weighted by Gasteiger charge is -2.29. The molecule has 1 N–H and O–H groups in total. The fourth-order valence-electron chi connectivity index (χ4n) is 2.92. The van der Waals surface area contributed by atoms with E-state index in [1.54, 1.807) is 31.1 Å². The minimum absolute atomic E-state index is 0.0231. The summed E-state index contributed by atoms with van der Waals surface area (Å²) >= 11 is 5.15. The Labute approximate surface area is 172 Å². The number of hydrogen-bond donors (Lipinski definition) is 1. The number of benzene rings is 2. The summed E-state index contributed by atoms with van der Waals surface area (Å²) in [5.74, 6) is -1.19. The molecule has 148 valence electrons. The lowest BCUT2D eigenvalue weighted by molar-refractivity contribution is -0.384. The first-order valence-corrected chi connectivity index (χ1v) is 9.07.